The van der Waals surface area contributed by atoms with Gasteiger partial charge in [0.2, 0.25) is 0 Å². The largest absolute Gasteiger partial charge is 0.382 e. The Morgan fingerprint density at radius 3 is 0.847 bits per heavy atom. The number of rotatable bonds is 30. The van der Waals surface area contributed by atoms with E-state index in [1.165, 1.54) is 0 Å². The van der Waals surface area contributed by atoms with Crippen LogP contribution >= 0.6 is 0 Å². The van der Waals surface area contributed by atoms with Gasteiger partial charge in [-0.3, -0.25) is 14.4 Å². The summed E-state index contributed by atoms with van der Waals surface area (Å²) >= 11 is 0. The van der Waals surface area contributed by atoms with Crippen molar-refractivity contribution in [3.05, 3.63) is 141 Å². The van der Waals surface area contributed by atoms with Crippen LogP contribution < -0.4 is 16.0 Å². The molecule has 4 rings (SSSR count). The summed E-state index contributed by atoms with van der Waals surface area (Å²) in [6.07, 6.45) is -0.567. The number of benzene rings is 4. The molecule has 4 aromatic rings. The van der Waals surface area contributed by atoms with Crippen LogP contribution in [0.2, 0.25) is 0 Å². The topological polar surface area (TPSA) is 170 Å². The molecule has 0 aliphatic heterocycles. The average molecular weight is 988 g/mol. The maximum Gasteiger partial charge on any atom is 0.251 e. The summed E-state index contributed by atoms with van der Waals surface area (Å²) in [4.78, 5) is 38.6. The highest BCUT2D eigenvalue weighted by Crippen LogP contribution is 2.12. The van der Waals surface area contributed by atoms with Crippen molar-refractivity contribution in [2.24, 2.45) is 0 Å². The van der Waals surface area contributed by atoms with Crippen LogP contribution in [-0.2, 0) is 42.6 Å². The third-order valence-corrected chi connectivity index (χ3v) is 10.3. The lowest BCUT2D eigenvalue weighted by atomic mass is 10.0. The zero-order chi connectivity index (χ0) is 51.6. The quantitative estimate of drug-likeness (QED) is 0.0458. The molecule has 0 saturated carbocycles. The highest BCUT2D eigenvalue weighted by atomic mass is 16.6. The van der Waals surface area contributed by atoms with Gasteiger partial charge in [0.1, 0.15) is 0 Å². The molecule has 3 amide bonds. The van der Waals surface area contributed by atoms with E-state index in [4.69, 9.17) is 42.6 Å². The molecule has 15 heteroatoms. The van der Waals surface area contributed by atoms with Gasteiger partial charge in [-0.05, 0) is 112 Å². The lowest BCUT2D eigenvalue weighted by Gasteiger charge is -2.14. The lowest BCUT2D eigenvalue weighted by Crippen LogP contribution is -2.32. The maximum atomic E-state index is 12.9. The Morgan fingerprint density at radius 1 is 0.361 bits per heavy atom. The first-order valence-electron chi connectivity index (χ1n) is 24.0. The summed E-state index contributed by atoms with van der Waals surface area (Å²) in [5.74, 6) is 18.7. The third-order valence-electron chi connectivity index (χ3n) is 10.3. The fourth-order valence-corrected chi connectivity index (χ4v) is 6.24. The minimum atomic E-state index is -0.217. The van der Waals surface area contributed by atoms with Crippen molar-refractivity contribution in [1.82, 2.24) is 16.0 Å². The average Bonchev–Trinajstić information content (AvgIpc) is 3.40. The first-order valence-corrected chi connectivity index (χ1v) is 24.0. The molecule has 15 nitrogen and oxygen atoms in total. The van der Waals surface area contributed by atoms with E-state index in [-0.39, 0.29) is 36.0 Å². The van der Waals surface area contributed by atoms with E-state index in [0.717, 1.165) is 0 Å². The molecule has 0 fully saturated rings. The van der Waals surface area contributed by atoms with E-state index < -0.39 is 0 Å². The summed E-state index contributed by atoms with van der Waals surface area (Å²) in [6, 6.07) is 26.8. The van der Waals surface area contributed by atoms with E-state index in [9.17, 15) is 14.4 Å². The molecular formula is C57H69N3O12. The van der Waals surface area contributed by atoms with Crippen LogP contribution in [0.5, 0.6) is 0 Å². The fourth-order valence-electron chi connectivity index (χ4n) is 6.24. The molecule has 0 aromatic heterocycles. The van der Waals surface area contributed by atoms with Crippen LogP contribution in [-0.4, -0.2) is 156 Å². The minimum absolute atomic E-state index is 0.189. The highest BCUT2D eigenvalue weighted by Gasteiger charge is 2.11. The van der Waals surface area contributed by atoms with Crippen LogP contribution in [0.1, 0.15) is 85.2 Å². The Balaban J connectivity index is 1.43. The molecule has 3 N–H and O–H groups in total. The monoisotopic (exact) mass is 987 g/mol. The first kappa shape index (κ1) is 58.2. The zero-order valence-electron chi connectivity index (χ0n) is 42.4. The third kappa shape index (κ3) is 24.2. The number of carbonyl (C=O) groups excluding carboxylic acids is 3. The summed E-state index contributed by atoms with van der Waals surface area (Å²) < 4.78 is 48.3. The van der Waals surface area contributed by atoms with Crippen molar-refractivity contribution in [3.8, 4) is 35.5 Å². The van der Waals surface area contributed by atoms with Gasteiger partial charge in [-0.2, -0.15) is 0 Å². The SMILES string of the molecule is COCCOCCO[C@@H](C)CNC(=O)c1ccc(C#Cc2cc(C#Cc3ccc(C(=O)NC[C@H](C)OCCOCCOC)cc3)cc(C#Cc3ccc(C(=O)NC[C@H](C)OCCOCCOC)cc3)c2)cc1. The molecule has 0 spiro atoms. The Bertz CT molecular complexity index is 2150. The second-order valence-corrected chi connectivity index (χ2v) is 16.3. The molecule has 0 unspecified atom stereocenters. The molecule has 0 aliphatic carbocycles. The predicted octanol–water partition coefficient (Wildman–Crippen LogP) is 5.28. The summed E-state index contributed by atoms with van der Waals surface area (Å²) in [5.41, 5.74) is 5.67. The molecule has 0 aliphatic rings. The van der Waals surface area contributed by atoms with Crippen molar-refractivity contribution >= 4 is 17.7 Å². The summed E-state index contributed by atoms with van der Waals surface area (Å²) in [6.45, 7) is 12.4. The molecule has 0 heterocycles. The molecular weight excluding hydrogens is 919 g/mol. The van der Waals surface area contributed by atoms with Crippen LogP contribution in [0, 0.1) is 35.5 Å². The first-order chi connectivity index (χ1) is 35.1. The van der Waals surface area contributed by atoms with Gasteiger partial charge in [-0.1, -0.05) is 35.5 Å². The van der Waals surface area contributed by atoms with Crippen molar-refractivity contribution in [2.75, 3.05) is 120 Å². The van der Waals surface area contributed by atoms with Crippen LogP contribution in [0.15, 0.2) is 91.0 Å². The molecule has 0 bridgehead atoms. The summed E-state index contributed by atoms with van der Waals surface area (Å²) in [7, 11) is 4.86. The van der Waals surface area contributed by atoms with Crippen LogP contribution in [0.4, 0.5) is 0 Å². The van der Waals surface area contributed by atoms with E-state index in [0.29, 0.717) is 149 Å². The predicted molar refractivity (Wildman–Crippen MR) is 275 cm³/mol. The van der Waals surface area contributed by atoms with Crippen molar-refractivity contribution in [1.29, 1.82) is 0 Å². The molecule has 0 saturated heterocycles. The van der Waals surface area contributed by atoms with Gasteiger partial charge in [0.15, 0.2) is 0 Å². The Kier molecular flexibility index (Phi) is 28.2. The molecule has 4 aromatic carbocycles. The van der Waals surface area contributed by atoms with E-state index >= 15 is 0 Å². The lowest BCUT2D eigenvalue weighted by molar-refractivity contribution is 0.000276. The van der Waals surface area contributed by atoms with Crippen molar-refractivity contribution in [2.45, 2.75) is 39.1 Å². The van der Waals surface area contributed by atoms with Crippen molar-refractivity contribution < 1.29 is 57.0 Å². The molecule has 3 atom stereocenters. The van der Waals surface area contributed by atoms with E-state index in [1.807, 2.05) is 39.0 Å². The molecule has 384 valence electrons. The number of hydrogen-bond acceptors (Lipinski definition) is 12. The smallest absolute Gasteiger partial charge is 0.251 e. The van der Waals surface area contributed by atoms with E-state index in [2.05, 4.69) is 51.5 Å². The van der Waals surface area contributed by atoms with Gasteiger partial charge >= 0.3 is 0 Å². The van der Waals surface area contributed by atoms with Crippen LogP contribution in [0.25, 0.3) is 0 Å². The molecule has 0 radical (unpaired) electrons. The fraction of sp³-hybridized carbons (Fsp3) is 0.421. The number of amides is 3. The summed E-state index contributed by atoms with van der Waals surface area (Å²) in [5, 5.41) is 8.73. The standard InChI is InChI=1S/C57H69N3O12/c1-43(70-34-31-67-28-25-64-4)40-58-55(61)52-19-13-46(14-20-52)7-10-49-37-50(11-8-47-15-21-53(22-16-47)56(62)59-41-44(2)71-35-32-68-29-26-65-5)39-51(38-49)12-9-48-17-23-54(24-18-48)57(63)60-42-45(3)72-36-33-69-30-27-66-6/h13-24,37-39,43-45H,25-36,40-42H2,1-6H3,(H,58,61)(H,59,62)(H,60,63)/t43-,44-,45-/m0/s1. The van der Waals surface area contributed by atoms with Gasteiger partial charge < -0.3 is 58.6 Å². The van der Waals surface area contributed by atoms with E-state index in [1.54, 1.807) is 94.1 Å². The number of methoxy groups -OCH3 is 3. The van der Waals surface area contributed by atoms with Gasteiger partial charge in [-0.15, -0.1) is 0 Å². The normalized spacial score (nSPS) is 11.9. The van der Waals surface area contributed by atoms with Gasteiger partial charge in [0.25, 0.3) is 17.7 Å². The number of hydrogen-bond donors (Lipinski definition) is 3. The van der Waals surface area contributed by atoms with Crippen LogP contribution in [0.3, 0.4) is 0 Å². The number of ether oxygens (including phenoxy) is 9. The number of nitrogens with one attached hydrogen (secondary N) is 3. The Labute approximate surface area is 425 Å². The van der Waals surface area contributed by atoms with Gasteiger partial charge in [-0.25, -0.2) is 0 Å². The maximum absolute atomic E-state index is 12.9. The minimum Gasteiger partial charge on any atom is -0.382 e. The molecule has 72 heavy (non-hydrogen) atoms. The Hall–Kier alpha value is -6.39. The Morgan fingerprint density at radius 2 is 0.597 bits per heavy atom. The second kappa shape index (κ2) is 34.9. The second-order valence-electron chi connectivity index (χ2n) is 16.3. The van der Waals surface area contributed by atoms with Crippen molar-refractivity contribution in [3.63, 3.8) is 0 Å². The van der Waals surface area contributed by atoms with Gasteiger partial charge in [0.05, 0.1) is 97.6 Å². The number of carbonyl (C=O) groups is 3. The zero-order valence-corrected chi connectivity index (χ0v) is 42.4. The van der Waals surface area contributed by atoms with Gasteiger partial charge in [0, 0.05) is 91.0 Å². The highest BCUT2D eigenvalue weighted by molar-refractivity contribution is 5.95.